The predicted molar refractivity (Wildman–Crippen MR) is 52.1 cm³/mol. The van der Waals surface area contributed by atoms with Crippen molar-refractivity contribution >= 4 is 5.82 Å². The van der Waals surface area contributed by atoms with Gasteiger partial charge < -0.3 is 5.32 Å². The van der Waals surface area contributed by atoms with E-state index in [0.29, 0.717) is 6.54 Å². The number of rotatable bonds is 4. The molecule has 1 unspecified atom stereocenters. The molecule has 68 valence electrons. The van der Waals surface area contributed by atoms with Gasteiger partial charge in [-0.2, -0.15) is 5.26 Å². The second-order valence-corrected chi connectivity index (χ2v) is 2.83. The Bertz CT molecular complexity index is 276. The van der Waals surface area contributed by atoms with Crippen molar-refractivity contribution in [2.24, 2.45) is 5.92 Å². The molecule has 1 N–H and O–H groups in total. The van der Waals surface area contributed by atoms with Gasteiger partial charge in [0.1, 0.15) is 5.82 Å². The van der Waals surface area contributed by atoms with Crippen LogP contribution in [-0.4, -0.2) is 11.5 Å². The van der Waals surface area contributed by atoms with Crippen LogP contribution in [0.5, 0.6) is 0 Å². The average molecular weight is 175 g/mol. The third-order valence-corrected chi connectivity index (χ3v) is 1.87. The number of nitrogens with zero attached hydrogens (tertiary/aromatic N) is 2. The van der Waals surface area contributed by atoms with Crippen molar-refractivity contribution in [1.82, 2.24) is 4.98 Å². The van der Waals surface area contributed by atoms with Gasteiger partial charge in [-0.15, -0.1) is 0 Å². The summed E-state index contributed by atoms with van der Waals surface area (Å²) in [6.45, 7) is 2.68. The Balaban J connectivity index is 2.40. The number of anilines is 1. The van der Waals surface area contributed by atoms with Crippen molar-refractivity contribution in [2.45, 2.75) is 13.3 Å². The van der Waals surface area contributed by atoms with Crippen molar-refractivity contribution in [1.29, 1.82) is 5.26 Å². The molecule has 0 spiro atoms. The molecule has 0 amide bonds. The monoisotopic (exact) mass is 175 g/mol. The average Bonchev–Trinajstić information content (AvgIpc) is 2.21. The van der Waals surface area contributed by atoms with Crippen LogP contribution < -0.4 is 5.32 Å². The molecule has 1 aromatic heterocycles. The number of aromatic nitrogens is 1. The minimum Gasteiger partial charge on any atom is -0.369 e. The molecule has 3 nitrogen and oxygen atoms in total. The van der Waals surface area contributed by atoms with Gasteiger partial charge in [-0.1, -0.05) is 13.0 Å². The van der Waals surface area contributed by atoms with E-state index in [9.17, 15) is 0 Å². The molecule has 0 aliphatic rings. The number of hydrogen-bond donors (Lipinski definition) is 1. The van der Waals surface area contributed by atoms with Crippen molar-refractivity contribution in [3.8, 4) is 6.07 Å². The van der Waals surface area contributed by atoms with Gasteiger partial charge in [0.15, 0.2) is 0 Å². The van der Waals surface area contributed by atoms with Crippen LogP contribution in [0.1, 0.15) is 13.3 Å². The third-order valence-electron chi connectivity index (χ3n) is 1.87. The lowest BCUT2D eigenvalue weighted by atomic mass is 10.1. The fourth-order valence-electron chi connectivity index (χ4n) is 0.976. The molecule has 0 saturated carbocycles. The van der Waals surface area contributed by atoms with Crippen LogP contribution in [0.2, 0.25) is 0 Å². The van der Waals surface area contributed by atoms with E-state index in [4.69, 9.17) is 5.26 Å². The molecule has 0 saturated heterocycles. The Hall–Kier alpha value is -1.56. The summed E-state index contributed by atoms with van der Waals surface area (Å²) in [7, 11) is 0. The Morgan fingerprint density at radius 3 is 3.00 bits per heavy atom. The standard InChI is InChI=1S/C10H13N3/c1-2-9(7-11)8-13-10-5-3-4-6-12-10/h3-6,9H,2,8H2,1H3,(H,12,13). The first-order valence-corrected chi connectivity index (χ1v) is 4.41. The fourth-order valence-corrected chi connectivity index (χ4v) is 0.976. The number of nitrogens with one attached hydrogen (secondary N) is 1. The lowest BCUT2D eigenvalue weighted by molar-refractivity contribution is 0.673. The molecule has 0 aliphatic heterocycles. The zero-order valence-electron chi connectivity index (χ0n) is 7.70. The lowest BCUT2D eigenvalue weighted by Crippen LogP contribution is -2.12. The van der Waals surface area contributed by atoms with E-state index in [2.05, 4.69) is 16.4 Å². The van der Waals surface area contributed by atoms with Crippen molar-refractivity contribution in [3.63, 3.8) is 0 Å². The molecule has 0 fully saturated rings. The Morgan fingerprint density at radius 1 is 1.62 bits per heavy atom. The second-order valence-electron chi connectivity index (χ2n) is 2.83. The molecule has 1 aromatic rings. The van der Waals surface area contributed by atoms with Crippen LogP contribution in [-0.2, 0) is 0 Å². The molecule has 1 rings (SSSR count). The van der Waals surface area contributed by atoms with Crippen molar-refractivity contribution < 1.29 is 0 Å². The second kappa shape index (κ2) is 5.15. The van der Waals surface area contributed by atoms with E-state index in [1.54, 1.807) is 6.20 Å². The first-order valence-electron chi connectivity index (χ1n) is 4.41. The highest BCUT2D eigenvalue weighted by Crippen LogP contribution is 2.04. The smallest absolute Gasteiger partial charge is 0.125 e. The third kappa shape index (κ3) is 3.12. The zero-order valence-corrected chi connectivity index (χ0v) is 7.70. The maximum atomic E-state index is 8.69. The van der Waals surface area contributed by atoms with E-state index in [0.717, 1.165) is 12.2 Å². The van der Waals surface area contributed by atoms with Gasteiger partial charge in [0.25, 0.3) is 0 Å². The van der Waals surface area contributed by atoms with Crippen LogP contribution in [0.4, 0.5) is 5.82 Å². The largest absolute Gasteiger partial charge is 0.369 e. The maximum Gasteiger partial charge on any atom is 0.125 e. The van der Waals surface area contributed by atoms with E-state index in [-0.39, 0.29) is 5.92 Å². The summed E-state index contributed by atoms with van der Waals surface area (Å²) in [6, 6.07) is 7.91. The van der Waals surface area contributed by atoms with Gasteiger partial charge in [0.05, 0.1) is 12.0 Å². The number of nitriles is 1. The highest BCUT2D eigenvalue weighted by Gasteiger charge is 2.02. The van der Waals surface area contributed by atoms with Crippen LogP contribution in [0, 0.1) is 17.2 Å². The van der Waals surface area contributed by atoms with Crippen LogP contribution in [0.3, 0.4) is 0 Å². The normalized spacial score (nSPS) is 11.7. The minimum absolute atomic E-state index is 0.0713. The summed E-state index contributed by atoms with van der Waals surface area (Å²) in [5.74, 6) is 0.901. The molecule has 1 atom stereocenters. The summed E-state index contributed by atoms with van der Waals surface area (Å²) in [6.07, 6.45) is 2.60. The molecule has 0 aromatic carbocycles. The lowest BCUT2D eigenvalue weighted by Gasteiger charge is -2.07. The topological polar surface area (TPSA) is 48.7 Å². The van der Waals surface area contributed by atoms with Gasteiger partial charge in [0.2, 0.25) is 0 Å². The van der Waals surface area contributed by atoms with Crippen molar-refractivity contribution in [2.75, 3.05) is 11.9 Å². The summed E-state index contributed by atoms with van der Waals surface area (Å²) >= 11 is 0. The molecule has 3 heteroatoms. The predicted octanol–water partition coefficient (Wildman–Crippen LogP) is 2.04. The van der Waals surface area contributed by atoms with Crippen LogP contribution >= 0.6 is 0 Å². The van der Waals surface area contributed by atoms with E-state index in [1.807, 2.05) is 25.1 Å². The number of pyridine rings is 1. The van der Waals surface area contributed by atoms with E-state index >= 15 is 0 Å². The maximum absolute atomic E-state index is 8.69. The Labute approximate surface area is 78.4 Å². The molecular weight excluding hydrogens is 162 g/mol. The summed E-state index contributed by atoms with van der Waals surface area (Å²) in [4.78, 5) is 4.10. The summed E-state index contributed by atoms with van der Waals surface area (Å²) in [5.41, 5.74) is 0. The highest BCUT2D eigenvalue weighted by atomic mass is 15.0. The fraction of sp³-hybridized carbons (Fsp3) is 0.400. The Morgan fingerprint density at radius 2 is 2.46 bits per heavy atom. The molecule has 0 aliphatic carbocycles. The van der Waals surface area contributed by atoms with Crippen LogP contribution in [0.15, 0.2) is 24.4 Å². The van der Waals surface area contributed by atoms with Gasteiger partial charge in [-0.25, -0.2) is 4.98 Å². The van der Waals surface area contributed by atoms with Gasteiger partial charge in [0, 0.05) is 12.7 Å². The van der Waals surface area contributed by atoms with Gasteiger partial charge in [-0.3, -0.25) is 0 Å². The van der Waals surface area contributed by atoms with Gasteiger partial charge >= 0.3 is 0 Å². The first kappa shape index (κ1) is 9.53. The molecule has 1 heterocycles. The van der Waals surface area contributed by atoms with E-state index in [1.165, 1.54) is 0 Å². The first-order chi connectivity index (χ1) is 6.36. The summed E-state index contributed by atoms with van der Waals surface area (Å²) < 4.78 is 0. The van der Waals surface area contributed by atoms with E-state index < -0.39 is 0 Å². The molecular formula is C10H13N3. The highest BCUT2D eigenvalue weighted by molar-refractivity contribution is 5.33. The quantitative estimate of drug-likeness (QED) is 0.761. The van der Waals surface area contributed by atoms with Crippen LogP contribution in [0.25, 0.3) is 0 Å². The minimum atomic E-state index is 0.0713. The Kier molecular flexibility index (Phi) is 3.77. The van der Waals surface area contributed by atoms with Gasteiger partial charge in [-0.05, 0) is 18.6 Å². The summed E-state index contributed by atoms with van der Waals surface area (Å²) in [5, 5.41) is 11.8. The molecule has 0 radical (unpaired) electrons. The molecule has 13 heavy (non-hydrogen) atoms. The number of hydrogen-bond acceptors (Lipinski definition) is 3. The SMILES string of the molecule is CCC(C#N)CNc1ccccn1. The van der Waals surface area contributed by atoms with Crippen molar-refractivity contribution in [3.05, 3.63) is 24.4 Å². The molecule has 0 bridgehead atoms. The zero-order chi connectivity index (χ0) is 9.52.